The van der Waals surface area contributed by atoms with Crippen LogP contribution in [0.3, 0.4) is 0 Å². The van der Waals surface area contributed by atoms with Crippen LogP contribution in [0.5, 0.6) is 0 Å². The zero-order chi connectivity index (χ0) is 9.97. The summed E-state index contributed by atoms with van der Waals surface area (Å²) in [7, 11) is 2.01. The smallest absolute Gasteiger partial charge is 0.146 e. The van der Waals surface area contributed by atoms with Gasteiger partial charge < -0.3 is 9.88 Å². The Labute approximate surface area is 84.7 Å². The second-order valence-electron chi connectivity index (χ2n) is 4.13. The number of aryl methyl sites for hydroxylation is 1. The molecule has 1 aromatic heterocycles. The van der Waals surface area contributed by atoms with E-state index in [0.29, 0.717) is 0 Å². The average Bonchev–Trinajstić information content (AvgIpc) is 2.94. The van der Waals surface area contributed by atoms with Gasteiger partial charge in [-0.3, -0.25) is 0 Å². The summed E-state index contributed by atoms with van der Waals surface area (Å²) in [4.78, 5) is 0. The van der Waals surface area contributed by atoms with Gasteiger partial charge in [-0.15, -0.1) is 10.2 Å². The predicted molar refractivity (Wildman–Crippen MR) is 54.8 cm³/mol. The zero-order valence-corrected chi connectivity index (χ0v) is 8.95. The van der Waals surface area contributed by atoms with Crippen LogP contribution in [0.2, 0.25) is 0 Å². The molecular weight excluding hydrogens is 176 g/mol. The topological polar surface area (TPSA) is 42.7 Å². The Morgan fingerprint density at radius 2 is 2.21 bits per heavy atom. The van der Waals surface area contributed by atoms with E-state index in [1.807, 2.05) is 18.5 Å². The van der Waals surface area contributed by atoms with Crippen molar-refractivity contribution in [2.75, 3.05) is 6.54 Å². The van der Waals surface area contributed by atoms with E-state index in [9.17, 15) is 0 Å². The van der Waals surface area contributed by atoms with E-state index >= 15 is 0 Å². The van der Waals surface area contributed by atoms with Crippen molar-refractivity contribution in [1.82, 2.24) is 20.1 Å². The lowest BCUT2D eigenvalue weighted by atomic mass is 10.3. The van der Waals surface area contributed by atoms with Gasteiger partial charge in [0.1, 0.15) is 11.6 Å². The summed E-state index contributed by atoms with van der Waals surface area (Å²) in [5.41, 5.74) is 0. The zero-order valence-electron chi connectivity index (χ0n) is 8.95. The normalized spacial score (nSPS) is 16.1. The van der Waals surface area contributed by atoms with Gasteiger partial charge in [0.05, 0.1) is 6.54 Å². The number of rotatable bonds is 5. The number of hydrogen-bond donors (Lipinski definition) is 1. The fraction of sp³-hybridized carbons (Fsp3) is 0.800. The van der Waals surface area contributed by atoms with Gasteiger partial charge in [0, 0.05) is 7.05 Å². The largest absolute Gasteiger partial charge is 0.317 e. The molecule has 14 heavy (non-hydrogen) atoms. The highest BCUT2D eigenvalue weighted by Gasteiger charge is 2.20. The van der Waals surface area contributed by atoms with Crippen molar-refractivity contribution >= 4 is 0 Å². The summed E-state index contributed by atoms with van der Waals surface area (Å²) in [6.45, 7) is 3.92. The minimum atomic E-state index is 0.837. The van der Waals surface area contributed by atoms with Crippen molar-refractivity contribution in [3.05, 3.63) is 11.6 Å². The average molecular weight is 194 g/mol. The molecule has 78 valence electrons. The van der Waals surface area contributed by atoms with Crippen LogP contribution < -0.4 is 5.32 Å². The Morgan fingerprint density at radius 1 is 1.43 bits per heavy atom. The quantitative estimate of drug-likeness (QED) is 0.711. The maximum atomic E-state index is 4.10. The minimum Gasteiger partial charge on any atom is -0.317 e. The summed E-state index contributed by atoms with van der Waals surface area (Å²) in [6, 6.07) is 0. The molecule has 0 unspecified atom stereocenters. The lowest BCUT2D eigenvalue weighted by Crippen LogP contribution is -2.18. The van der Waals surface area contributed by atoms with Crippen LogP contribution in [-0.2, 0) is 13.6 Å². The molecule has 0 saturated heterocycles. The Balaban J connectivity index is 1.71. The summed E-state index contributed by atoms with van der Waals surface area (Å²) in [5, 5.41) is 11.5. The van der Waals surface area contributed by atoms with Crippen LogP contribution in [0.4, 0.5) is 0 Å². The van der Waals surface area contributed by atoms with E-state index in [1.165, 1.54) is 19.3 Å². The maximum absolute atomic E-state index is 4.10. The second-order valence-corrected chi connectivity index (χ2v) is 4.13. The van der Waals surface area contributed by atoms with Gasteiger partial charge in [-0.05, 0) is 25.8 Å². The van der Waals surface area contributed by atoms with E-state index in [1.54, 1.807) is 0 Å². The molecule has 0 radical (unpaired) electrons. The fourth-order valence-electron chi connectivity index (χ4n) is 1.52. The van der Waals surface area contributed by atoms with Gasteiger partial charge in [-0.2, -0.15) is 0 Å². The highest BCUT2D eigenvalue weighted by atomic mass is 15.3. The monoisotopic (exact) mass is 194 g/mol. The molecule has 2 rings (SSSR count). The molecule has 0 aromatic carbocycles. The lowest BCUT2D eigenvalue weighted by molar-refractivity contribution is 0.586. The summed E-state index contributed by atoms with van der Waals surface area (Å²) >= 11 is 0. The molecule has 1 aromatic rings. The molecule has 4 nitrogen and oxygen atoms in total. The van der Waals surface area contributed by atoms with Crippen molar-refractivity contribution in [3.63, 3.8) is 0 Å². The van der Waals surface area contributed by atoms with Gasteiger partial charge in [0.15, 0.2) is 0 Å². The molecule has 0 bridgehead atoms. The minimum absolute atomic E-state index is 0.837. The van der Waals surface area contributed by atoms with Crippen molar-refractivity contribution in [2.45, 2.75) is 32.7 Å². The number of nitrogens with one attached hydrogen (secondary N) is 1. The molecule has 0 aliphatic heterocycles. The first-order chi connectivity index (χ1) is 6.77. The number of nitrogens with zero attached hydrogens (tertiary/aromatic N) is 3. The molecule has 0 amide bonds. The summed E-state index contributed by atoms with van der Waals surface area (Å²) < 4.78 is 2.03. The molecule has 4 heteroatoms. The molecule has 0 spiro atoms. The van der Waals surface area contributed by atoms with E-state index in [2.05, 4.69) is 15.5 Å². The van der Waals surface area contributed by atoms with Crippen LogP contribution in [0.25, 0.3) is 0 Å². The number of hydrogen-bond acceptors (Lipinski definition) is 3. The van der Waals surface area contributed by atoms with E-state index < -0.39 is 0 Å². The van der Waals surface area contributed by atoms with E-state index in [4.69, 9.17) is 0 Å². The molecule has 1 aliphatic carbocycles. The van der Waals surface area contributed by atoms with Crippen LogP contribution in [0.15, 0.2) is 0 Å². The standard InChI is InChI=1S/C10H18N4/c1-8-12-13-10(14(8)2)7-11-6-5-9-3-4-9/h9,11H,3-7H2,1-2H3. The first-order valence-corrected chi connectivity index (χ1v) is 5.33. The molecule has 1 heterocycles. The predicted octanol–water partition coefficient (Wildman–Crippen LogP) is 1.01. The SMILES string of the molecule is Cc1nnc(CNCCC2CC2)n1C. The van der Waals surface area contributed by atoms with E-state index in [-0.39, 0.29) is 0 Å². The van der Waals surface area contributed by atoms with Crippen molar-refractivity contribution < 1.29 is 0 Å². The summed E-state index contributed by atoms with van der Waals surface area (Å²) in [5.74, 6) is 3.01. The third-order valence-corrected chi connectivity index (χ3v) is 2.89. The highest BCUT2D eigenvalue weighted by molar-refractivity contribution is 4.91. The number of aromatic nitrogens is 3. The third kappa shape index (κ3) is 2.32. The van der Waals surface area contributed by atoms with E-state index in [0.717, 1.165) is 30.7 Å². The van der Waals surface area contributed by atoms with Crippen molar-refractivity contribution in [2.24, 2.45) is 13.0 Å². The second kappa shape index (κ2) is 4.09. The Hall–Kier alpha value is -0.900. The maximum Gasteiger partial charge on any atom is 0.146 e. The Kier molecular flexibility index (Phi) is 2.82. The Morgan fingerprint density at radius 3 is 2.79 bits per heavy atom. The van der Waals surface area contributed by atoms with Gasteiger partial charge in [0.2, 0.25) is 0 Å². The lowest BCUT2D eigenvalue weighted by Gasteiger charge is -2.03. The molecule has 1 saturated carbocycles. The molecule has 1 fully saturated rings. The highest BCUT2D eigenvalue weighted by Crippen LogP contribution is 2.31. The molecule has 1 aliphatic rings. The van der Waals surface area contributed by atoms with Gasteiger partial charge in [0.25, 0.3) is 0 Å². The van der Waals surface area contributed by atoms with Crippen molar-refractivity contribution in [3.8, 4) is 0 Å². The van der Waals surface area contributed by atoms with Crippen LogP contribution >= 0.6 is 0 Å². The van der Waals surface area contributed by atoms with Crippen LogP contribution in [-0.4, -0.2) is 21.3 Å². The van der Waals surface area contributed by atoms with Crippen LogP contribution in [0, 0.1) is 12.8 Å². The molecule has 1 N–H and O–H groups in total. The fourth-order valence-corrected chi connectivity index (χ4v) is 1.52. The first kappa shape index (κ1) is 9.65. The van der Waals surface area contributed by atoms with Gasteiger partial charge >= 0.3 is 0 Å². The van der Waals surface area contributed by atoms with Crippen LogP contribution in [0.1, 0.15) is 30.9 Å². The Bertz CT molecular complexity index is 301. The van der Waals surface area contributed by atoms with Gasteiger partial charge in [-0.1, -0.05) is 12.8 Å². The third-order valence-electron chi connectivity index (χ3n) is 2.89. The first-order valence-electron chi connectivity index (χ1n) is 5.33. The van der Waals surface area contributed by atoms with Crippen molar-refractivity contribution in [1.29, 1.82) is 0 Å². The summed E-state index contributed by atoms with van der Waals surface area (Å²) in [6.07, 6.45) is 4.19. The molecule has 0 atom stereocenters. The van der Waals surface area contributed by atoms with Gasteiger partial charge in [-0.25, -0.2) is 0 Å². The molecular formula is C10H18N4.